The van der Waals surface area contributed by atoms with Crippen molar-refractivity contribution in [2.45, 2.75) is 12.8 Å². The van der Waals surface area contributed by atoms with Gasteiger partial charge in [0.25, 0.3) is 5.91 Å². The van der Waals surface area contributed by atoms with Crippen LogP contribution in [0.3, 0.4) is 0 Å². The molecule has 2 aromatic rings. The van der Waals surface area contributed by atoms with Crippen molar-refractivity contribution >= 4 is 28.6 Å². The van der Waals surface area contributed by atoms with Gasteiger partial charge in [0.15, 0.2) is 0 Å². The van der Waals surface area contributed by atoms with Crippen molar-refractivity contribution in [3.05, 3.63) is 36.0 Å². The molecule has 2 saturated heterocycles. The quantitative estimate of drug-likeness (QED) is 0.708. The molecule has 27 heavy (non-hydrogen) atoms. The normalized spacial score (nSPS) is 17.6. The average Bonchev–Trinajstić information content (AvgIpc) is 3.35. The number of hydrogen-bond donors (Lipinski definition) is 0. The lowest BCUT2D eigenvalue weighted by Gasteiger charge is -2.35. The molecule has 0 N–H and O–H groups in total. The van der Waals surface area contributed by atoms with E-state index in [1.165, 1.54) is 0 Å². The number of piperazine rings is 1. The maximum Gasteiger partial charge on any atom is 0.312 e. The summed E-state index contributed by atoms with van der Waals surface area (Å²) in [6.07, 6.45) is 1.93. The lowest BCUT2D eigenvalue weighted by atomic mass is 10.2. The summed E-state index contributed by atoms with van der Waals surface area (Å²) in [6, 6.07) is 9.81. The van der Waals surface area contributed by atoms with Crippen LogP contribution in [0.2, 0.25) is 0 Å². The number of aromatic nitrogens is 1. The molecule has 0 radical (unpaired) electrons. The number of carbonyl (C=O) groups is 3. The van der Waals surface area contributed by atoms with Crippen molar-refractivity contribution in [3.63, 3.8) is 0 Å². The van der Waals surface area contributed by atoms with E-state index in [1.807, 2.05) is 41.9 Å². The highest BCUT2D eigenvalue weighted by atomic mass is 16.2. The van der Waals surface area contributed by atoms with Gasteiger partial charge < -0.3 is 19.3 Å². The van der Waals surface area contributed by atoms with Gasteiger partial charge in [0, 0.05) is 57.2 Å². The molecule has 7 heteroatoms. The minimum atomic E-state index is -0.436. The molecular formula is C20H24N4O3. The molecule has 0 unspecified atom stereocenters. The van der Waals surface area contributed by atoms with Gasteiger partial charge >= 0.3 is 11.8 Å². The van der Waals surface area contributed by atoms with Gasteiger partial charge in [-0.25, -0.2) is 0 Å². The summed E-state index contributed by atoms with van der Waals surface area (Å²) in [4.78, 5) is 42.6. The number of para-hydroxylation sites is 1. The van der Waals surface area contributed by atoms with Crippen LogP contribution in [-0.4, -0.2) is 76.3 Å². The molecule has 0 spiro atoms. The first-order valence-electron chi connectivity index (χ1n) is 9.48. The summed E-state index contributed by atoms with van der Waals surface area (Å²) in [7, 11) is 1.89. The van der Waals surface area contributed by atoms with Gasteiger partial charge in [-0.3, -0.25) is 14.4 Å². The first-order chi connectivity index (χ1) is 13.1. The Balaban J connectivity index is 1.41. The van der Waals surface area contributed by atoms with E-state index in [4.69, 9.17) is 0 Å². The Morgan fingerprint density at radius 2 is 1.33 bits per heavy atom. The van der Waals surface area contributed by atoms with Crippen LogP contribution in [0.1, 0.15) is 23.3 Å². The number of carbonyl (C=O) groups excluding carboxylic acids is 3. The zero-order chi connectivity index (χ0) is 19.0. The van der Waals surface area contributed by atoms with Crippen LogP contribution in [0.25, 0.3) is 10.9 Å². The Bertz CT molecular complexity index is 890. The molecule has 0 saturated carbocycles. The van der Waals surface area contributed by atoms with Crippen LogP contribution >= 0.6 is 0 Å². The molecule has 3 amide bonds. The molecule has 0 atom stereocenters. The minimum absolute atomic E-state index is 0.0355. The van der Waals surface area contributed by atoms with E-state index in [0.29, 0.717) is 45.0 Å². The van der Waals surface area contributed by atoms with E-state index in [9.17, 15) is 14.4 Å². The largest absolute Gasteiger partial charge is 0.340 e. The molecule has 0 aliphatic carbocycles. The summed E-state index contributed by atoms with van der Waals surface area (Å²) in [6.45, 7) is 3.02. The minimum Gasteiger partial charge on any atom is -0.340 e. The fraction of sp³-hybridized carbons (Fsp3) is 0.450. The first kappa shape index (κ1) is 17.6. The molecule has 1 aromatic heterocycles. The molecule has 2 aliphatic heterocycles. The number of amides is 3. The van der Waals surface area contributed by atoms with E-state index in [2.05, 4.69) is 0 Å². The third-order valence-electron chi connectivity index (χ3n) is 5.60. The molecule has 2 fully saturated rings. The molecule has 7 nitrogen and oxygen atoms in total. The zero-order valence-corrected chi connectivity index (χ0v) is 15.6. The van der Waals surface area contributed by atoms with Gasteiger partial charge in [-0.05, 0) is 25.0 Å². The topological polar surface area (TPSA) is 65.9 Å². The van der Waals surface area contributed by atoms with Gasteiger partial charge in [0.1, 0.15) is 5.69 Å². The zero-order valence-electron chi connectivity index (χ0n) is 15.6. The number of likely N-dealkylation sites (tertiary alicyclic amines) is 1. The van der Waals surface area contributed by atoms with E-state index in [1.54, 1.807) is 14.7 Å². The Kier molecular flexibility index (Phi) is 4.59. The predicted molar refractivity (Wildman–Crippen MR) is 101 cm³/mol. The van der Waals surface area contributed by atoms with Crippen LogP contribution < -0.4 is 0 Å². The van der Waals surface area contributed by atoms with Crippen molar-refractivity contribution in [3.8, 4) is 0 Å². The fourth-order valence-electron chi connectivity index (χ4n) is 3.96. The Morgan fingerprint density at radius 3 is 1.96 bits per heavy atom. The Morgan fingerprint density at radius 1 is 0.778 bits per heavy atom. The number of fused-ring (bicyclic) bond motifs is 1. The fourth-order valence-corrected chi connectivity index (χ4v) is 3.96. The van der Waals surface area contributed by atoms with Crippen molar-refractivity contribution in [2.75, 3.05) is 39.3 Å². The second kappa shape index (κ2) is 7.06. The SMILES string of the molecule is Cn1c(C(=O)N2CCN(C(=O)C(=O)N3CCCC3)CC2)cc2ccccc21. The van der Waals surface area contributed by atoms with Crippen LogP contribution in [0.15, 0.2) is 30.3 Å². The summed E-state index contributed by atoms with van der Waals surface area (Å²) in [5, 5.41) is 1.04. The average molecular weight is 368 g/mol. The van der Waals surface area contributed by atoms with E-state index < -0.39 is 11.8 Å². The van der Waals surface area contributed by atoms with E-state index >= 15 is 0 Å². The number of aryl methyl sites for hydroxylation is 1. The third kappa shape index (κ3) is 3.18. The van der Waals surface area contributed by atoms with Gasteiger partial charge in [-0.2, -0.15) is 0 Å². The smallest absolute Gasteiger partial charge is 0.312 e. The van der Waals surface area contributed by atoms with E-state index in [0.717, 1.165) is 23.7 Å². The first-order valence-corrected chi connectivity index (χ1v) is 9.48. The highest BCUT2D eigenvalue weighted by molar-refractivity contribution is 6.35. The molecule has 142 valence electrons. The Labute approximate surface area is 158 Å². The molecule has 3 heterocycles. The van der Waals surface area contributed by atoms with Crippen LogP contribution in [0.5, 0.6) is 0 Å². The van der Waals surface area contributed by atoms with Gasteiger partial charge in [-0.15, -0.1) is 0 Å². The van der Waals surface area contributed by atoms with Gasteiger partial charge in [0.05, 0.1) is 0 Å². The number of rotatable bonds is 1. The van der Waals surface area contributed by atoms with Gasteiger partial charge in [0.2, 0.25) is 0 Å². The lowest BCUT2D eigenvalue weighted by molar-refractivity contribution is -0.152. The summed E-state index contributed by atoms with van der Waals surface area (Å²) >= 11 is 0. The van der Waals surface area contributed by atoms with Crippen molar-refractivity contribution in [2.24, 2.45) is 7.05 Å². The summed E-state index contributed by atoms with van der Waals surface area (Å²) < 4.78 is 1.91. The Hall–Kier alpha value is -2.83. The molecule has 4 rings (SSSR count). The van der Waals surface area contributed by atoms with Crippen molar-refractivity contribution in [1.82, 2.24) is 19.3 Å². The number of hydrogen-bond acceptors (Lipinski definition) is 3. The second-order valence-corrected chi connectivity index (χ2v) is 7.23. The maximum atomic E-state index is 12.9. The lowest BCUT2D eigenvalue weighted by Crippen LogP contribution is -2.54. The molecule has 2 aliphatic rings. The van der Waals surface area contributed by atoms with Crippen molar-refractivity contribution < 1.29 is 14.4 Å². The monoisotopic (exact) mass is 368 g/mol. The standard InChI is InChI=1S/C20H24N4O3/c1-21-16-7-3-2-6-15(16)14-17(21)18(25)23-10-12-24(13-11-23)20(27)19(26)22-8-4-5-9-22/h2-3,6-7,14H,4-5,8-13H2,1H3. The molecule has 0 bridgehead atoms. The van der Waals surface area contributed by atoms with Gasteiger partial charge in [-0.1, -0.05) is 18.2 Å². The summed E-state index contributed by atoms with van der Waals surface area (Å²) in [5.41, 5.74) is 1.66. The highest BCUT2D eigenvalue weighted by Gasteiger charge is 2.32. The predicted octanol–water partition coefficient (Wildman–Crippen LogP) is 1.09. The maximum absolute atomic E-state index is 12.9. The summed E-state index contributed by atoms with van der Waals surface area (Å²) in [5.74, 6) is -0.874. The molecular weight excluding hydrogens is 344 g/mol. The number of nitrogens with zero attached hydrogens (tertiary/aromatic N) is 4. The third-order valence-corrected chi connectivity index (χ3v) is 5.60. The van der Waals surface area contributed by atoms with Crippen LogP contribution in [0.4, 0.5) is 0 Å². The van der Waals surface area contributed by atoms with E-state index in [-0.39, 0.29) is 5.91 Å². The van der Waals surface area contributed by atoms with Crippen molar-refractivity contribution in [1.29, 1.82) is 0 Å². The highest BCUT2D eigenvalue weighted by Crippen LogP contribution is 2.20. The van der Waals surface area contributed by atoms with Crippen LogP contribution in [-0.2, 0) is 16.6 Å². The van der Waals surface area contributed by atoms with Crippen LogP contribution in [0, 0.1) is 0 Å². The number of benzene rings is 1. The second-order valence-electron chi connectivity index (χ2n) is 7.23. The molecule has 1 aromatic carbocycles.